The van der Waals surface area contributed by atoms with Crippen molar-refractivity contribution in [1.29, 1.82) is 0 Å². The van der Waals surface area contributed by atoms with E-state index in [4.69, 9.17) is 4.98 Å². The van der Waals surface area contributed by atoms with Gasteiger partial charge in [0.15, 0.2) is 5.13 Å². The number of benzene rings is 1. The zero-order chi connectivity index (χ0) is 17.5. The van der Waals surface area contributed by atoms with E-state index in [1.807, 2.05) is 40.4 Å². The topological polar surface area (TPSA) is 51.0 Å². The molecule has 1 atom stereocenters. The molecule has 1 unspecified atom stereocenters. The third kappa shape index (κ3) is 2.55. The SMILES string of the molecule is O=c1c2ccccc2nc(C2CCCN2c2nccs2)n1C1CCCC1. The van der Waals surface area contributed by atoms with Crippen molar-refractivity contribution in [1.82, 2.24) is 14.5 Å². The van der Waals surface area contributed by atoms with E-state index in [0.717, 1.165) is 54.1 Å². The van der Waals surface area contributed by atoms with Gasteiger partial charge in [0.25, 0.3) is 5.56 Å². The quantitative estimate of drug-likeness (QED) is 0.693. The number of rotatable bonds is 3. The molecule has 2 aromatic heterocycles. The van der Waals surface area contributed by atoms with Crippen molar-refractivity contribution in [2.75, 3.05) is 11.4 Å². The zero-order valence-corrected chi connectivity index (χ0v) is 15.5. The molecule has 5 rings (SSSR count). The predicted molar refractivity (Wildman–Crippen MR) is 105 cm³/mol. The molecule has 0 radical (unpaired) electrons. The van der Waals surface area contributed by atoms with Gasteiger partial charge in [0.05, 0.1) is 16.9 Å². The highest BCUT2D eigenvalue weighted by Gasteiger charge is 2.34. The standard InChI is InChI=1S/C20H22N4OS/c25-19-15-8-3-4-9-16(15)22-18(24(19)14-6-1-2-7-14)17-10-5-12-23(17)20-21-11-13-26-20/h3-4,8-9,11,13-14,17H,1-2,5-7,10,12H2. The van der Waals surface area contributed by atoms with Gasteiger partial charge in [-0.15, -0.1) is 11.3 Å². The molecule has 0 bridgehead atoms. The van der Waals surface area contributed by atoms with Crippen LogP contribution in [-0.2, 0) is 0 Å². The highest BCUT2D eigenvalue weighted by molar-refractivity contribution is 7.13. The number of anilines is 1. The fourth-order valence-corrected chi connectivity index (χ4v) is 5.25. The van der Waals surface area contributed by atoms with Crippen LogP contribution in [0.5, 0.6) is 0 Å². The Balaban J connectivity index is 1.70. The summed E-state index contributed by atoms with van der Waals surface area (Å²) < 4.78 is 2.03. The van der Waals surface area contributed by atoms with Crippen LogP contribution < -0.4 is 10.5 Å². The Morgan fingerprint density at radius 2 is 1.92 bits per heavy atom. The third-order valence-electron chi connectivity index (χ3n) is 5.74. The Hall–Kier alpha value is -2.21. The molecule has 6 heteroatoms. The summed E-state index contributed by atoms with van der Waals surface area (Å²) in [4.78, 5) is 25.3. The number of nitrogens with zero attached hydrogens (tertiary/aromatic N) is 4. The van der Waals surface area contributed by atoms with Crippen LogP contribution in [0.1, 0.15) is 56.4 Å². The zero-order valence-electron chi connectivity index (χ0n) is 14.7. The van der Waals surface area contributed by atoms with E-state index < -0.39 is 0 Å². The van der Waals surface area contributed by atoms with Crippen molar-refractivity contribution in [2.45, 2.75) is 50.6 Å². The van der Waals surface area contributed by atoms with Crippen LogP contribution >= 0.6 is 11.3 Å². The molecule has 1 aliphatic carbocycles. The van der Waals surface area contributed by atoms with Gasteiger partial charge in [0, 0.05) is 24.2 Å². The summed E-state index contributed by atoms with van der Waals surface area (Å²) >= 11 is 1.66. The van der Waals surface area contributed by atoms with Crippen molar-refractivity contribution < 1.29 is 0 Å². The van der Waals surface area contributed by atoms with Gasteiger partial charge in [-0.2, -0.15) is 0 Å². The molecule has 3 aromatic rings. The summed E-state index contributed by atoms with van der Waals surface area (Å²) in [5.74, 6) is 0.938. The van der Waals surface area contributed by atoms with Gasteiger partial charge in [0.1, 0.15) is 5.82 Å². The lowest BCUT2D eigenvalue weighted by Gasteiger charge is -2.28. The fraction of sp³-hybridized carbons (Fsp3) is 0.450. The number of aromatic nitrogens is 3. The summed E-state index contributed by atoms with van der Waals surface area (Å²) in [6.45, 7) is 0.978. The predicted octanol–water partition coefficient (Wildman–Crippen LogP) is 4.31. The number of thiazole rings is 1. The highest BCUT2D eigenvalue weighted by Crippen LogP contribution is 2.39. The maximum atomic E-state index is 13.4. The van der Waals surface area contributed by atoms with Crippen LogP contribution in [0.15, 0.2) is 40.6 Å². The first-order valence-corrected chi connectivity index (χ1v) is 10.4. The second-order valence-corrected chi connectivity index (χ2v) is 8.14. The van der Waals surface area contributed by atoms with Gasteiger partial charge in [-0.05, 0) is 37.8 Å². The maximum absolute atomic E-state index is 13.4. The van der Waals surface area contributed by atoms with E-state index in [1.54, 1.807) is 11.3 Å². The fourth-order valence-electron chi connectivity index (χ4n) is 4.54. The van der Waals surface area contributed by atoms with Crippen LogP contribution in [0.4, 0.5) is 5.13 Å². The van der Waals surface area contributed by atoms with Crippen molar-refractivity contribution in [3.8, 4) is 0 Å². The van der Waals surface area contributed by atoms with Gasteiger partial charge in [0.2, 0.25) is 0 Å². The lowest BCUT2D eigenvalue weighted by atomic mass is 10.1. The molecule has 0 amide bonds. The van der Waals surface area contributed by atoms with Gasteiger partial charge < -0.3 is 4.90 Å². The van der Waals surface area contributed by atoms with E-state index >= 15 is 0 Å². The average molecular weight is 366 g/mol. The molecule has 2 aliphatic rings. The van der Waals surface area contributed by atoms with Gasteiger partial charge >= 0.3 is 0 Å². The molecular formula is C20H22N4OS. The number of para-hydroxylation sites is 1. The molecule has 3 heterocycles. The Morgan fingerprint density at radius 3 is 2.73 bits per heavy atom. The highest BCUT2D eigenvalue weighted by atomic mass is 32.1. The first kappa shape index (κ1) is 16.0. The van der Waals surface area contributed by atoms with Crippen molar-refractivity contribution >= 4 is 27.4 Å². The van der Waals surface area contributed by atoms with E-state index in [-0.39, 0.29) is 17.6 Å². The van der Waals surface area contributed by atoms with Crippen molar-refractivity contribution in [2.24, 2.45) is 0 Å². The average Bonchev–Trinajstić information content (AvgIpc) is 3.42. The molecule has 0 N–H and O–H groups in total. The van der Waals surface area contributed by atoms with Crippen LogP contribution in [0, 0.1) is 0 Å². The molecule has 5 nitrogen and oxygen atoms in total. The second-order valence-electron chi connectivity index (χ2n) is 7.27. The Labute approximate surface area is 156 Å². The molecule has 1 aromatic carbocycles. The minimum absolute atomic E-state index is 0.128. The van der Waals surface area contributed by atoms with E-state index in [1.165, 1.54) is 12.8 Å². The molecule has 1 saturated carbocycles. The normalized spacial score (nSPS) is 21.1. The monoisotopic (exact) mass is 366 g/mol. The minimum atomic E-state index is 0.128. The Bertz CT molecular complexity index is 975. The molecule has 1 aliphatic heterocycles. The molecule has 26 heavy (non-hydrogen) atoms. The van der Waals surface area contributed by atoms with Crippen molar-refractivity contribution in [3.63, 3.8) is 0 Å². The van der Waals surface area contributed by atoms with E-state index in [0.29, 0.717) is 0 Å². The summed E-state index contributed by atoms with van der Waals surface area (Å²) in [5.41, 5.74) is 0.941. The lowest BCUT2D eigenvalue weighted by Crippen LogP contribution is -2.34. The summed E-state index contributed by atoms with van der Waals surface area (Å²) in [6, 6.07) is 8.19. The summed E-state index contributed by atoms with van der Waals surface area (Å²) in [5, 5.41) is 3.79. The van der Waals surface area contributed by atoms with Crippen LogP contribution in [-0.4, -0.2) is 21.1 Å². The van der Waals surface area contributed by atoms with Crippen LogP contribution in [0.25, 0.3) is 10.9 Å². The molecule has 2 fully saturated rings. The van der Waals surface area contributed by atoms with E-state index in [9.17, 15) is 4.79 Å². The Morgan fingerprint density at radius 1 is 1.08 bits per heavy atom. The van der Waals surface area contributed by atoms with Crippen LogP contribution in [0.3, 0.4) is 0 Å². The summed E-state index contributed by atoms with van der Waals surface area (Å²) in [7, 11) is 0. The third-order valence-corrected chi connectivity index (χ3v) is 6.55. The minimum Gasteiger partial charge on any atom is -0.338 e. The first-order chi connectivity index (χ1) is 12.8. The van der Waals surface area contributed by atoms with Gasteiger partial charge in [-0.25, -0.2) is 9.97 Å². The van der Waals surface area contributed by atoms with Crippen LogP contribution in [0.2, 0.25) is 0 Å². The number of hydrogen-bond donors (Lipinski definition) is 0. The van der Waals surface area contributed by atoms with Crippen molar-refractivity contribution in [3.05, 3.63) is 52.0 Å². The second kappa shape index (κ2) is 6.50. The molecule has 1 saturated heterocycles. The van der Waals surface area contributed by atoms with E-state index in [2.05, 4.69) is 9.88 Å². The molecule has 134 valence electrons. The van der Waals surface area contributed by atoms with Gasteiger partial charge in [-0.1, -0.05) is 25.0 Å². The number of hydrogen-bond acceptors (Lipinski definition) is 5. The summed E-state index contributed by atoms with van der Waals surface area (Å²) in [6.07, 6.45) is 8.55. The maximum Gasteiger partial charge on any atom is 0.261 e. The Kier molecular flexibility index (Phi) is 4.00. The smallest absolute Gasteiger partial charge is 0.261 e. The lowest BCUT2D eigenvalue weighted by molar-refractivity contribution is 0.454. The first-order valence-electron chi connectivity index (χ1n) is 9.50. The molecule has 0 spiro atoms. The number of fused-ring (bicyclic) bond motifs is 1. The largest absolute Gasteiger partial charge is 0.338 e. The van der Waals surface area contributed by atoms with Gasteiger partial charge in [-0.3, -0.25) is 9.36 Å². The molecular weight excluding hydrogens is 344 g/mol.